The lowest BCUT2D eigenvalue weighted by molar-refractivity contribution is 0.454. The molecule has 1 unspecified atom stereocenters. The predicted molar refractivity (Wildman–Crippen MR) is 84.2 cm³/mol. The average molecular weight is 281 g/mol. The maximum absolute atomic E-state index is 4.92. The molecule has 19 heavy (non-hydrogen) atoms. The number of thiazole rings is 1. The summed E-state index contributed by atoms with van der Waals surface area (Å²) in [6.45, 7) is 8.92. The van der Waals surface area contributed by atoms with E-state index < -0.39 is 0 Å². The molecule has 108 valence electrons. The van der Waals surface area contributed by atoms with Gasteiger partial charge in [-0.3, -0.25) is 0 Å². The second kappa shape index (κ2) is 6.71. The first kappa shape index (κ1) is 14.8. The van der Waals surface area contributed by atoms with Crippen LogP contribution in [0.15, 0.2) is 0 Å². The van der Waals surface area contributed by atoms with Crippen LogP contribution in [0.5, 0.6) is 0 Å². The van der Waals surface area contributed by atoms with E-state index in [0.717, 1.165) is 13.1 Å². The highest BCUT2D eigenvalue weighted by molar-refractivity contribution is 7.15. The molecule has 0 saturated heterocycles. The second-order valence-electron chi connectivity index (χ2n) is 5.98. The first-order chi connectivity index (χ1) is 9.11. The molecule has 1 heterocycles. The van der Waals surface area contributed by atoms with E-state index >= 15 is 0 Å². The molecule has 0 radical (unpaired) electrons. The molecule has 1 aliphatic carbocycles. The second-order valence-corrected chi connectivity index (χ2v) is 7.04. The van der Waals surface area contributed by atoms with Gasteiger partial charge in [0.15, 0.2) is 5.13 Å². The van der Waals surface area contributed by atoms with Gasteiger partial charge in [0.25, 0.3) is 0 Å². The fraction of sp³-hybridized carbons (Fsp3) is 0.800. The number of nitrogens with one attached hydrogen (secondary N) is 1. The molecule has 2 rings (SSSR count). The number of aromatic nitrogens is 1. The number of fused-ring (bicyclic) bond motifs is 1. The minimum absolute atomic E-state index is 0.487. The number of nitrogens with zero attached hydrogens (tertiary/aromatic N) is 2. The zero-order valence-electron chi connectivity index (χ0n) is 12.7. The van der Waals surface area contributed by atoms with Crippen molar-refractivity contribution in [1.82, 2.24) is 10.3 Å². The van der Waals surface area contributed by atoms with Crippen molar-refractivity contribution in [2.24, 2.45) is 5.92 Å². The van der Waals surface area contributed by atoms with E-state index in [9.17, 15) is 0 Å². The normalized spacial score (nSPS) is 18.7. The number of hydrogen-bond acceptors (Lipinski definition) is 4. The van der Waals surface area contributed by atoms with E-state index in [1.165, 1.54) is 41.4 Å². The lowest BCUT2D eigenvalue weighted by Gasteiger charge is -2.22. The van der Waals surface area contributed by atoms with Crippen molar-refractivity contribution in [2.75, 3.05) is 25.0 Å². The van der Waals surface area contributed by atoms with Gasteiger partial charge in [0, 0.05) is 18.5 Å². The Morgan fingerprint density at radius 1 is 1.47 bits per heavy atom. The summed E-state index contributed by atoms with van der Waals surface area (Å²) in [5.74, 6) is 0.681. The predicted octanol–water partition coefficient (Wildman–Crippen LogP) is 3.61. The fourth-order valence-electron chi connectivity index (χ4n) is 2.71. The smallest absolute Gasteiger partial charge is 0.185 e. The maximum Gasteiger partial charge on any atom is 0.185 e. The van der Waals surface area contributed by atoms with Crippen molar-refractivity contribution in [1.29, 1.82) is 0 Å². The Morgan fingerprint density at radius 3 is 2.95 bits per heavy atom. The largest absolute Gasteiger partial charge is 0.351 e. The van der Waals surface area contributed by atoms with Crippen molar-refractivity contribution in [2.45, 2.75) is 52.5 Å². The molecular formula is C15H27N3S. The molecule has 4 heteroatoms. The van der Waals surface area contributed by atoms with Crippen LogP contribution in [0, 0.1) is 5.92 Å². The third-order valence-corrected chi connectivity index (χ3v) is 4.79. The van der Waals surface area contributed by atoms with Crippen LogP contribution in [-0.4, -0.2) is 25.1 Å². The molecule has 0 spiro atoms. The first-order valence-corrected chi connectivity index (χ1v) is 8.37. The third-order valence-electron chi connectivity index (χ3n) is 3.55. The summed E-state index contributed by atoms with van der Waals surface area (Å²) in [6, 6.07) is 0.487. The highest BCUT2D eigenvalue weighted by Gasteiger charge is 2.25. The van der Waals surface area contributed by atoms with Gasteiger partial charge in [0.05, 0.1) is 11.7 Å². The van der Waals surface area contributed by atoms with Gasteiger partial charge < -0.3 is 10.2 Å². The van der Waals surface area contributed by atoms with Crippen LogP contribution in [0.25, 0.3) is 0 Å². The van der Waals surface area contributed by atoms with E-state index in [1.807, 2.05) is 11.3 Å². The molecule has 1 aromatic rings. The van der Waals surface area contributed by atoms with Crippen molar-refractivity contribution in [3.8, 4) is 0 Å². The molecule has 0 saturated carbocycles. The van der Waals surface area contributed by atoms with Crippen molar-refractivity contribution in [3.05, 3.63) is 10.6 Å². The van der Waals surface area contributed by atoms with Crippen molar-refractivity contribution < 1.29 is 0 Å². The van der Waals surface area contributed by atoms with Crippen molar-refractivity contribution in [3.63, 3.8) is 0 Å². The van der Waals surface area contributed by atoms with Crippen LogP contribution in [0.2, 0.25) is 0 Å². The molecule has 1 aliphatic rings. The quantitative estimate of drug-likeness (QED) is 0.863. The van der Waals surface area contributed by atoms with E-state index in [2.05, 4.69) is 38.0 Å². The fourth-order valence-corrected chi connectivity index (χ4v) is 3.85. The molecule has 0 aromatic carbocycles. The summed E-state index contributed by atoms with van der Waals surface area (Å²) in [5.41, 5.74) is 1.33. The summed E-state index contributed by atoms with van der Waals surface area (Å²) in [5, 5.41) is 4.84. The van der Waals surface area contributed by atoms with E-state index in [0.29, 0.717) is 12.0 Å². The minimum atomic E-state index is 0.487. The average Bonchev–Trinajstić information content (AvgIpc) is 2.80. The Kier molecular flexibility index (Phi) is 5.22. The zero-order chi connectivity index (χ0) is 13.8. The SMILES string of the molecule is CCCNC1CCCc2sc(N(C)CC(C)C)nc21. The Balaban J connectivity index is 2.11. The van der Waals surface area contributed by atoms with Crippen LogP contribution < -0.4 is 10.2 Å². The van der Waals surface area contributed by atoms with Crippen LogP contribution in [0.1, 0.15) is 56.6 Å². The van der Waals surface area contributed by atoms with Gasteiger partial charge in [-0.1, -0.05) is 20.8 Å². The summed E-state index contributed by atoms with van der Waals surface area (Å²) in [7, 11) is 2.17. The van der Waals surface area contributed by atoms with Crippen molar-refractivity contribution >= 4 is 16.5 Å². The van der Waals surface area contributed by atoms with Gasteiger partial charge in [-0.2, -0.15) is 0 Å². The summed E-state index contributed by atoms with van der Waals surface area (Å²) in [4.78, 5) is 8.74. The zero-order valence-corrected chi connectivity index (χ0v) is 13.5. The van der Waals surface area contributed by atoms with Crippen LogP contribution in [0.4, 0.5) is 5.13 Å². The molecule has 3 nitrogen and oxygen atoms in total. The van der Waals surface area contributed by atoms with E-state index in [4.69, 9.17) is 4.98 Å². The molecule has 0 amide bonds. The number of anilines is 1. The molecule has 0 aliphatic heterocycles. The summed E-state index contributed by atoms with van der Waals surface area (Å²) in [6.07, 6.45) is 4.94. The lowest BCUT2D eigenvalue weighted by atomic mass is 9.97. The molecular weight excluding hydrogens is 254 g/mol. The molecule has 1 N–H and O–H groups in total. The maximum atomic E-state index is 4.92. The number of rotatable bonds is 6. The Hall–Kier alpha value is -0.610. The molecule has 1 atom stereocenters. The Morgan fingerprint density at radius 2 is 2.26 bits per heavy atom. The van der Waals surface area contributed by atoms with Crippen LogP contribution >= 0.6 is 11.3 Å². The van der Waals surface area contributed by atoms with Gasteiger partial charge in [-0.05, 0) is 38.1 Å². The molecule has 0 bridgehead atoms. The van der Waals surface area contributed by atoms with Gasteiger partial charge in [-0.25, -0.2) is 4.98 Å². The Labute approximate surface area is 121 Å². The lowest BCUT2D eigenvalue weighted by Crippen LogP contribution is -2.26. The van der Waals surface area contributed by atoms with Crippen LogP contribution in [-0.2, 0) is 6.42 Å². The summed E-state index contributed by atoms with van der Waals surface area (Å²) >= 11 is 1.90. The molecule has 0 fully saturated rings. The standard InChI is InChI=1S/C15H27N3S/c1-5-9-16-12-7-6-8-13-14(12)17-15(19-13)18(4)10-11(2)3/h11-12,16H,5-10H2,1-4H3. The molecule has 1 aromatic heterocycles. The summed E-state index contributed by atoms with van der Waals surface area (Å²) < 4.78 is 0. The van der Waals surface area contributed by atoms with E-state index in [-0.39, 0.29) is 0 Å². The minimum Gasteiger partial charge on any atom is -0.351 e. The van der Waals surface area contributed by atoms with Gasteiger partial charge in [0.1, 0.15) is 0 Å². The number of aryl methyl sites for hydroxylation is 1. The topological polar surface area (TPSA) is 28.2 Å². The Bertz CT molecular complexity index is 400. The highest BCUT2D eigenvalue weighted by Crippen LogP contribution is 2.36. The van der Waals surface area contributed by atoms with Crippen LogP contribution in [0.3, 0.4) is 0 Å². The van der Waals surface area contributed by atoms with E-state index in [1.54, 1.807) is 0 Å². The van der Waals surface area contributed by atoms with Gasteiger partial charge >= 0.3 is 0 Å². The van der Waals surface area contributed by atoms with Gasteiger partial charge in [0.2, 0.25) is 0 Å². The third kappa shape index (κ3) is 3.69. The monoisotopic (exact) mass is 281 g/mol. The first-order valence-electron chi connectivity index (χ1n) is 7.56. The van der Waals surface area contributed by atoms with Gasteiger partial charge in [-0.15, -0.1) is 11.3 Å². The highest BCUT2D eigenvalue weighted by atomic mass is 32.1. The number of hydrogen-bond donors (Lipinski definition) is 1.